The van der Waals surface area contributed by atoms with E-state index in [1.54, 1.807) is 36.4 Å². The van der Waals surface area contributed by atoms with Crippen LogP contribution in [0.2, 0.25) is 0 Å². The lowest BCUT2D eigenvalue weighted by Crippen LogP contribution is -2.07. The Balaban J connectivity index is 2.63. The van der Waals surface area contributed by atoms with Crippen molar-refractivity contribution in [2.45, 2.75) is 6.42 Å². The van der Waals surface area contributed by atoms with Crippen molar-refractivity contribution in [2.24, 2.45) is 5.73 Å². The molecule has 0 aliphatic carbocycles. The topological polar surface area (TPSA) is 60.2 Å². The number of carbonyl (C=O) groups excluding carboxylic acids is 2. The van der Waals surface area contributed by atoms with Crippen LogP contribution in [0.4, 0.5) is 0 Å². The summed E-state index contributed by atoms with van der Waals surface area (Å²) in [6.07, 6.45) is 4.50. The molecule has 0 radical (unpaired) electrons. The number of hydrogen-bond donors (Lipinski definition) is 1. The third-order valence-electron chi connectivity index (χ3n) is 1.70. The molecule has 14 heavy (non-hydrogen) atoms. The number of carbonyl (C=O) groups is 2. The lowest BCUT2D eigenvalue weighted by Gasteiger charge is -1.93. The molecule has 2 N–H and O–H groups in total. The van der Waals surface area contributed by atoms with Crippen LogP contribution < -0.4 is 5.73 Å². The van der Waals surface area contributed by atoms with Gasteiger partial charge in [0, 0.05) is 12.0 Å². The monoisotopic (exact) mass is 189 g/mol. The Morgan fingerprint density at radius 2 is 1.79 bits per heavy atom. The molecule has 0 saturated carbocycles. The molecule has 1 aromatic rings. The summed E-state index contributed by atoms with van der Waals surface area (Å²) in [7, 11) is 0. The zero-order valence-corrected chi connectivity index (χ0v) is 7.64. The average Bonchev–Trinajstić information content (AvgIpc) is 2.18. The third-order valence-corrected chi connectivity index (χ3v) is 1.70. The second-order valence-corrected chi connectivity index (χ2v) is 2.86. The summed E-state index contributed by atoms with van der Waals surface area (Å²) in [6.45, 7) is 0. The Hall–Kier alpha value is -1.90. The molecule has 1 rings (SSSR count). The van der Waals surface area contributed by atoms with E-state index in [4.69, 9.17) is 5.73 Å². The summed E-state index contributed by atoms with van der Waals surface area (Å²) in [5.41, 5.74) is 6.54. The minimum atomic E-state index is -0.356. The van der Waals surface area contributed by atoms with Gasteiger partial charge in [-0.3, -0.25) is 9.59 Å². The summed E-state index contributed by atoms with van der Waals surface area (Å²) in [5.74, 6) is -0.356. The van der Waals surface area contributed by atoms with Crippen LogP contribution in [0.5, 0.6) is 0 Å². The molecule has 0 bridgehead atoms. The molecule has 3 heteroatoms. The molecule has 0 heterocycles. The summed E-state index contributed by atoms with van der Waals surface area (Å²) in [5, 5.41) is 0. The van der Waals surface area contributed by atoms with Gasteiger partial charge in [0.05, 0.1) is 0 Å². The van der Waals surface area contributed by atoms with Crippen LogP contribution in [0.1, 0.15) is 22.3 Å². The van der Waals surface area contributed by atoms with E-state index in [-0.39, 0.29) is 12.3 Å². The number of primary amides is 1. The van der Waals surface area contributed by atoms with Crippen LogP contribution in [0.3, 0.4) is 0 Å². The molecule has 0 aliphatic rings. The summed E-state index contributed by atoms with van der Waals surface area (Å²) >= 11 is 0. The van der Waals surface area contributed by atoms with Crippen molar-refractivity contribution >= 4 is 18.3 Å². The minimum absolute atomic E-state index is 0.232. The molecule has 1 amide bonds. The SMILES string of the molecule is NC(=O)CC=Cc1ccc(C=O)cc1. The van der Waals surface area contributed by atoms with Gasteiger partial charge in [0.2, 0.25) is 5.91 Å². The molecule has 0 saturated heterocycles. The maximum atomic E-state index is 10.4. The van der Waals surface area contributed by atoms with Crippen molar-refractivity contribution < 1.29 is 9.59 Å². The molecule has 0 unspecified atom stereocenters. The van der Waals surface area contributed by atoms with E-state index in [2.05, 4.69) is 0 Å². The second-order valence-electron chi connectivity index (χ2n) is 2.86. The lowest BCUT2D eigenvalue weighted by molar-refractivity contribution is -0.117. The quantitative estimate of drug-likeness (QED) is 0.727. The Bertz CT molecular complexity index is 352. The van der Waals surface area contributed by atoms with Crippen LogP contribution in [-0.2, 0) is 4.79 Å². The van der Waals surface area contributed by atoms with Gasteiger partial charge in [0.15, 0.2) is 0 Å². The summed E-state index contributed by atoms with van der Waals surface area (Å²) in [6, 6.07) is 7.05. The maximum Gasteiger partial charge on any atom is 0.221 e. The Kier molecular flexibility index (Phi) is 3.61. The fourth-order valence-electron chi connectivity index (χ4n) is 0.997. The van der Waals surface area contributed by atoms with Crippen LogP contribution >= 0.6 is 0 Å². The van der Waals surface area contributed by atoms with E-state index < -0.39 is 0 Å². The second kappa shape index (κ2) is 4.97. The van der Waals surface area contributed by atoms with Gasteiger partial charge in [-0.1, -0.05) is 36.4 Å². The van der Waals surface area contributed by atoms with Crippen LogP contribution in [-0.4, -0.2) is 12.2 Å². The zero-order chi connectivity index (χ0) is 10.4. The predicted molar refractivity (Wildman–Crippen MR) is 54.7 cm³/mol. The normalized spacial score (nSPS) is 10.3. The molecule has 0 aromatic heterocycles. The lowest BCUT2D eigenvalue weighted by atomic mass is 10.1. The van der Waals surface area contributed by atoms with Crippen molar-refractivity contribution in [3.8, 4) is 0 Å². The Labute approximate surface area is 82.2 Å². The van der Waals surface area contributed by atoms with Crippen molar-refractivity contribution in [1.29, 1.82) is 0 Å². The first-order valence-corrected chi connectivity index (χ1v) is 4.22. The number of nitrogens with two attached hydrogens (primary N) is 1. The van der Waals surface area contributed by atoms with Crippen LogP contribution in [0, 0.1) is 0 Å². The highest BCUT2D eigenvalue weighted by Crippen LogP contribution is 2.04. The largest absolute Gasteiger partial charge is 0.369 e. The Morgan fingerprint density at radius 1 is 1.21 bits per heavy atom. The van der Waals surface area contributed by atoms with Crippen molar-refractivity contribution in [3.05, 3.63) is 41.5 Å². The van der Waals surface area contributed by atoms with Gasteiger partial charge in [0.25, 0.3) is 0 Å². The molecule has 0 fully saturated rings. The number of benzene rings is 1. The average molecular weight is 189 g/mol. The molecule has 3 nitrogen and oxygen atoms in total. The van der Waals surface area contributed by atoms with E-state index in [1.165, 1.54) is 0 Å². The van der Waals surface area contributed by atoms with Crippen LogP contribution in [0.15, 0.2) is 30.3 Å². The standard InChI is InChI=1S/C11H11NO2/c12-11(14)3-1-2-9-4-6-10(8-13)7-5-9/h1-2,4-8H,3H2,(H2,12,14). The van der Waals surface area contributed by atoms with Crippen molar-refractivity contribution in [1.82, 2.24) is 0 Å². The van der Waals surface area contributed by atoms with Gasteiger partial charge in [-0.25, -0.2) is 0 Å². The van der Waals surface area contributed by atoms with Crippen molar-refractivity contribution in [2.75, 3.05) is 0 Å². The molecule has 0 aliphatic heterocycles. The molecular weight excluding hydrogens is 178 g/mol. The van der Waals surface area contributed by atoms with Gasteiger partial charge < -0.3 is 5.73 Å². The third kappa shape index (κ3) is 3.23. The highest BCUT2D eigenvalue weighted by Gasteiger charge is 1.90. The van der Waals surface area contributed by atoms with Gasteiger partial charge in [-0.2, -0.15) is 0 Å². The Morgan fingerprint density at radius 3 is 2.29 bits per heavy atom. The molecule has 1 aromatic carbocycles. The van der Waals surface area contributed by atoms with E-state index >= 15 is 0 Å². The van der Waals surface area contributed by atoms with Gasteiger partial charge in [-0.05, 0) is 5.56 Å². The summed E-state index contributed by atoms with van der Waals surface area (Å²) < 4.78 is 0. The van der Waals surface area contributed by atoms with Gasteiger partial charge >= 0.3 is 0 Å². The summed E-state index contributed by atoms with van der Waals surface area (Å²) in [4.78, 5) is 20.8. The first-order chi connectivity index (χ1) is 6.72. The maximum absolute atomic E-state index is 10.4. The number of aldehydes is 1. The van der Waals surface area contributed by atoms with E-state index in [1.807, 2.05) is 0 Å². The van der Waals surface area contributed by atoms with Gasteiger partial charge in [-0.15, -0.1) is 0 Å². The fourth-order valence-corrected chi connectivity index (χ4v) is 0.997. The molecule has 0 spiro atoms. The number of hydrogen-bond acceptors (Lipinski definition) is 2. The first kappa shape index (κ1) is 10.2. The highest BCUT2D eigenvalue weighted by molar-refractivity contribution is 5.77. The van der Waals surface area contributed by atoms with Gasteiger partial charge in [0.1, 0.15) is 6.29 Å². The molecule has 72 valence electrons. The highest BCUT2D eigenvalue weighted by atomic mass is 16.1. The van der Waals surface area contributed by atoms with E-state index in [0.717, 1.165) is 11.8 Å². The minimum Gasteiger partial charge on any atom is -0.369 e. The fraction of sp³-hybridized carbons (Fsp3) is 0.0909. The number of amides is 1. The van der Waals surface area contributed by atoms with E-state index in [0.29, 0.717) is 5.56 Å². The molecular formula is C11H11NO2. The smallest absolute Gasteiger partial charge is 0.221 e. The van der Waals surface area contributed by atoms with E-state index in [9.17, 15) is 9.59 Å². The van der Waals surface area contributed by atoms with Crippen molar-refractivity contribution in [3.63, 3.8) is 0 Å². The zero-order valence-electron chi connectivity index (χ0n) is 7.64. The van der Waals surface area contributed by atoms with Crippen LogP contribution in [0.25, 0.3) is 6.08 Å². The molecule has 0 atom stereocenters. The number of rotatable bonds is 4. The first-order valence-electron chi connectivity index (χ1n) is 4.22. The predicted octanol–water partition coefficient (Wildman–Crippen LogP) is 1.39.